The third kappa shape index (κ3) is 1.96. The first-order valence-corrected chi connectivity index (χ1v) is 6.32. The van der Waals surface area contributed by atoms with Crippen LogP contribution >= 0.6 is 0 Å². The lowest BCUT2D eigenvalue weighted by Crippen LogP contribution is -2.75. The quantitative estimate of drug-likeness (QED) is 0.601. The standard InChI is InChI=1S/C12H18O7/c1-12(2,3)10(15)16-9-7-4(13)6-5(14)8(9)19-11(17-6)18-7/h4-9,11,13-14H,1-3H3/t4-,5+,6?,7+,8-,9?,11?. The zero-order chi connectivity index (χ0) is 13.9. The van der Waals surface area contributed by atoms with E-state index in [0.29, 0.717) is 0 Å². The Morgan fingerprint density at radius 1 is 1.00 bits per heavy atom. The Morgan fingerprint density at radius 3 is 1.95 bits per heavy atom. The molecule has 7 nitrogen and oxygen atoms in total. The molecule has 4 bridgehead atoms. The summed E-state index contributed by atoms with van der Waals surface area (Å²) in [5, 5.41) is 20.1. The van der Waals surface area contributed by atoms with Crippen LogP contribution in [0.3, 0.4) is 0 Å². The summed E-state index contributed by atoms with van der Waals surface area (Å²) in [5.74, 6) is -0.433. The molecule has 3 saturated heterocycles. The van der Waals surface area contributed by atoms with Crippen LogP contribution in [0, 0.1) is 5.41 Å². The van der Waals surface area contributed by atoms with Gasteiger partial charge in [0, 0.05) is 0 Å². The molecular formula is C12H18O7. The fourth-order valence-electron chi connectivity index (χ4n) is 2.54. The van der Waals surface area contributed by atoms with Gasteiger partial charge in [0.05, 0.1) is 5.41 Å². The molecule has 7 atom stereocenters. The number of rotatable bonds is 1. The number of carbonyl (C=O) groups excluding carboxylic acids is 1. The summed E-state index contributed by atoms with van der Waals surface area (Å²) in [5.41, 5.74) is -0.679. The molecule has 0 aromatic rings. The van der Waals surface area contributed by atoms with Gasteiger partial charge in [-0.05, 0) is 20.8 Å². The van der Waals surface area contributed by atoms with Crippen LogP contribution in [0.25, 0.3) is 0 Å². The molecule has 3 unspecified atom stereocenters. The smallest absolute Gasteiger partial charge is 0.311 e. The number of aliphatic hydroxyl groups excluding tert-OH is 2. The van der Waals surface area contributed by atoms with E-state index in [0.717, 1.165) is 0 Å². The van der Waals surface area contributed by atoms with E-state index in [-0.39, 0.29) is 0 Å². The van der Waals surface area contributed by atoms with Gasteiger partial charge in [-0.15, -0.1) is 0 Å². The predicted molar refractivity (Wildman–Crippen MR) is 59.8 cm³/mol. The highest BCUT2D eigenvalue weighted by Crippen LogP contribution is 2.41. The van der Waals surface area contributed by atoms with E-state index in [9.17, 15) is 15.0 Å². The normalized spacial score (nSPS) is 48.4. The number of aliphatic hydroxyl groups is 2. The van der Waals surface area contributed by atoms with Crippen molar-refractivity contribution in [3.8, 4) is 0 Å². The average Bonchev–Trinajstić information content (AvgIpc) is 2.32. The fourth-order valence-corrected chi connectivity index (χ4v) is 2.54. The molecule has 3 heterocycles. The molecule has 19 heavy (non-hydrogen) atoms. The Bertz CT molecular complexity index is 370. The SMILES string of the molecule is CC(C)(C)C(=O)OC1[C@H]2OC3OC([C@H]2O)[C@H](O)[C@H]1O3. The van der Waals surface area contributed by atoms with Crippen LogP contribution in [0.5, 0.6) is 0 Å². The van der Waals surface area contributed by atoms with E-state index < -0.39 is 54.5 Å². The summed E-state index contributed by atoms with van der Waals surface area (Å²) < 4.78 is 21.2. The van der Waals surface area contributed by atoms with Gasteiger partial charge in [0.1, 0.15) is 30.5 Å². The molecule has 0 aromatic carbocycles. The van der Waals surface area contributed by atoms with Crippen molar-refractivity contribution >= 4 is 5.97 Å². The molecule has 0 amide bonds. The van der Waals surface area contributed by atoms with Crippen molar-refractivity contribution < 1.29 is 34.0 Å². The summed E-state index contributed by atoms with van der Waals surface area (Å²) in [6.07, 6.45) is -5.11. The van der Waals surface area contributed by atoms with Gasteiger partial charge < -0.3 is 29.2 Å². The van der Waals surface area contributed by atoms with Crippen molar-refractivity contribution in [2.45, 2.75) is 63.9 Å². The molecular weight excluding hydrogens is 256 g/mol. The summed E-state index contributed by atoms with van der Waals surface area (Å²) in [4.78, 5) is 11.9. The van der Waals surface area contributed by atoms with E-state index in [1.54, 1.807) is 20.8 Å². The Balaban J connectivity index is 1.81. The van der Waals surface area contributed by atoms with Gasteiger partial charge in [-0.25, -0.2) is 0 Å². The van der Waals surface area contributed by atoms with Gasteiger partial charge in [-0.3, -0.25) is 4.79 Å². The van der Waals surface area contributed by atoms with Crippen LogP contribution in [-0.4, -0.2) is 59.3 Å². The van der Waals surface area contributed by atoms with Gasteiger partial charge in [0.15, 0.2) is 6.10 Å². The number of carbonyl (C=O) groups is 1. The van der Waals surface area contributed by atoms with Gasteiger partial charge in [-0.1, -0.05) is 0 Å². The van der Waals surface area contributed by atoms with E-state index in [1.165, 1.54) is 0 Å². The summed E-state index contributed by atoms with van der Waals surface area (Å²) in [6.45, 7) is 4.27. The molecule has 2 N–H and O–H groups in total. The van der Waals surface area contributed by atoms with E-state index in [2.05, 4.69) is 0 Å². The van der Waals surface area contributed by atoms with Crippen LogP contribution in [0.15, 0.2) is 0 Å². The minimum absolute atomic E-state index is 0.433. The highest BCUT2D eigenvalue weighted by Gasteiger charge is 2.63. The van der Waals surface area contributed by atoms with E-state index >= 15 is 0 Å². The minimum atomic E-state index is -1.04. The lowest BCUT2D eigenvalue weighted by Gasteiger charge is -2.56. The van der Waals surface area contributed by atoms with Crippen molar-refractivity contribution in [2.24, 2.45) is 5.41 Å². The number of ether oxygens (including phenoxy) is 4. The molecule has 7 heteroatoms. The fraction of sp³-hybridized carbons (Fsp3) is 0.917. The molecule has 0 radical (unpaired) electrons. The van der Waals surface area contributed by atoms with Gasteiger partial charge in [0.2, 0.25) is 0 Å². The molecule has 1 aliphatic carbocycles. The lowest BCUT2D eigenvalue weighted by molar-refractivity contribution is -0.481. The highest BCUT2D eigenvalue weighted by molar-refractivity contribution is 5.75. The van der Waals surface area contributed by atoms with Crippen LogP contribution in [0.1, 0.15) is 20.8 Å². The lowest BCUT2D eigenvalue weighted by atomic mass is 9.82. The summed E-state index contributed by atoms with van der Waals surface area (Å²) in [6, 6.07) is 0. The zero-order valence-electron chi connectivity index (χ0n) is 11.0. The number of esters is 1. The summed E-state index contributed by atoms with van der Waals surface area (Å²) in [7, 11) is 0. The molecule has 4 rings (SSSR count). The molecule has 1 saturated carbocycles. The second kappa shape index (κ2) is 4.13. The van der Waals surface area contributed by atoms with Crippen LogP contribution in [0.4, 0.5) is 0 Å². The van der Waals surface area contributed by atoms with Crippen molar-refractivity contribution in [1.82, 2.24) is 0 Å². The third-order valence-electron chi connectivity index (χ3n) is 3.65. The number of hydrogen-bond donors (Lipinski definition) is 2. The summed E-state index contributed by atoms with van der Waals surface area (Å²) >= 11 is 0. The predicted octanol–water partition coefficient (Wildman–Crippen LogP) is -0.854. The Hall–Kier alpha value is -0.730. The van der Waals surface area contributed by atoms with Crippen LogP contribution in [-0.2, 0) is 23.7 Å². The van der Waals surface area contributed by atoms with Crippen molar-refractivity contribution in [1.29, 1.82) is 0 Å². The van der Waals surface area contributed by atoms with Crippen molar-refractivity contribution in [3.63, 3.8) is 0 Å². The van der Waals surface area contributed by atoms with Gasteiger partial charge >= 0.3 is 5.97 Å². The largest absolute Gasteiger partial charge is 0.456 e. The second-order valence-corrected chi connectivity index (χ2v) is 6.19. The van der Waals surface area contributed by atoms with Crippen LogP contribution < -0.4 is 0 Å². The first-order chi connectivity index (χ1) is 8.79. The first-order valence-electron chi connectivity index (χ1n) is 6.32. The Labute approximate surface area is 110 Å². The third-order valence-corrected chi connectivity index (χ3v) is 3.65. The maximum absolute atomic E-state index is 11.9. The topological polar surface area (TPSA) is 94.5 Å². The van der Waals surface area contributed by atoms with Gasteiger partial charge in [-0.2, -0.15) is 0 Å². The minimum Gasteiger partial charge on any atom is -0.456 e. The highest BCUT2D eigenvalue weighted by atomic mass is 16.9. The van der Waals surface area contributed by atoms with Gasteiger partial charge in [0.25, 0.3) is 6.48 Å². The van der Waals surface area contributed by atoms with Crippen molar-refractivity contribution in [3.05, 3.63) is 0 Å². The Kier molecular flexibility index (Phi) is 2.88. The molecule has 0 spiro atoms. The maximum atomic E-state index is 11.9. The second-order valence-electron chi connectivity index (χ2n) is 6.19. The van der Waals surface area contributed by atoms with E-state index in [1.807, 2.05) is 0 Å². The van der Waals surface area contributed by atoms with E-state index in [4.69, 9.17) is 18.9 Å². The maximum Gasteiger partial charge on any atom is 0.311 e. The zero-order valence-corrected chi connectivity index (χ0v) is 11.0. The van der Waals surface area contributed by atoms with Crippen molar-refractivity contribution in [2.75, 3.05) is 0 Å². The molecule has 3 aliphatic heterocycles. The first kappa shape index (κ1) is 13.3. The molecule has 0 aromatic heterocycles. The number of hydrogen-bond acceptors (Lipinski definition) is 7. The average molecular weight is 274 g/mol. The molecule has 4 fully saturated rings. The Morgan fingerprint density at radius 2 is 1.47 bits per heavy atom. The monoisotopic (exact) mass is 274 g/mol. The van der Waals surface area contributed by atoms with Crippen LogP contribution in [0.2, 0.25) is 0 Å². The molecule has 4 aliphatic rings. The molecule has 108 valence electrons.